The number of para-hydroxylation sites is 1. The molecule has 0 saturated carbocycles. The maximum absolute atomic E-state index is 12.1. The van der Waals surface area contributed by atoms with E-state index in [0.29, 0.717) is 10.6 Å². The molecule has 1 saturated heterocycles. The minimum absolute atomic E-state index is 0.168. The van der Waals surface area contributed by atoms with Gasteiger partial charge in [0.1, 0.15) is 4.90 Å². The fourth-order valence-corrected chi connectivity index (χ4v) is 4.79. The van der Waals surface area contributed by atoms with Gasteiger partial charge in [0.25, 0.3) is 0 Å². The molecule has 0 bridgehead atoms. The zero-order valence-corrected chi connectivity index (χ0v) is 13.8. The molecule has 6 heteroatoms. The van der Waals surface area contributed by atoms with Crippen molar-refractivity contribution in [2.45, 2.75) is 31.2 Å². The fourth-order valence-electron chi connectivity index (χ4n) is 2.29. The fraction of sp³-hybridized carbons (Fsp3) is 0.571. The summed E-state index contributed by atoms with van der Waals surface area (Å²) in [5, 5.41) is 3.44. The van der Waals surface area contributed by atoms with Crippen molar-refractivity contribution in [3.63, 3.8) is 0 Å². The van der Waals surface area contributed by atoms with Crippen molar-refractivity contribution in [2.24, 2.45) is 5.41 Å². The number of benzene rings is 1. The number of anilines is 1. The topological polar surface area (TPSA) is 58.2 Å². The highest BCUT2D eigenvalue weighted by atomic mass is 32.2. The van der Waals surface area contributed by atoms with Crippen LogP contribution in [0.15, 0.2) is 29.2 Å². The maximum atomic E-state index is 12.1. The van der Waals surface area contributed by atoms with Crippen LogP contribution in [0.5, 0.6) is 0 Å². The summed E-state index contributed by atoms with van der Waals surface area (Å²) in [6.07, 6.45) is 1.14. The highest BCUT2D eigenvalue weighted by Gasteiger charge is 2.33. The van der Waals surface area contributed by atoms with E-state index in [2.05, 4.69) is 23.9 Å². The van der Waals surface area contributed by atoms with Gasteiger partial charge in [0.15, 0.2) is 0 Å². The van der Waals surface area contributed by atoms with E-state index < -0.39 is 10.0 Å². The third kappa shape index (κ3) is 3.30. The molecule has 0 spiro atoms. The van der Waals surface area contributed by atoms with Crippen LogP contribution >= 0.6 is 11.8 Å². The van der Waals surface area contributed by atoms with Gasteiger partial charge in [0, 0.05) is 11.8 Å². The molecule has 4 nitrogen and oxygen atoms in total. The van der Waals surface area contributed by atoms with Crippen LogP contribution in [-0.4, -0.2) is 33.0 Å². The molecule has 0 aromatic heterocycles. The lowest BCUT2D eigenvalue weighted by Crippen LogP contribution is -2.42. The van der Waals surface area contributed by atoms with Gasteiger partial charge < -0.3 is 5.32 Å². The molecule has 1 fully saturated rings. The van der Waals surface area contributed by atoms with Gasteiger partial charge in [-0.15, -0.1) is 0 Å². The number of rotatable bonds is 4. The van der Waals surface area contributed by atoms with Gasteiger partial charge >= 0.3 is 0 Å². The first-order chi connectivity index (χ1) is 9.37. The summed E-state index contributed by atoms with van der Waals surface area (Å²) in [6, 6.07) is 7.35. The molecule has 1 atom stereocenters. The van der Waals surface area contributed by atoms with Gasteiger partial charge in [-0.2, -0.15) is 11.8 Å². The highest BCUT2D eigenvalue weighted by Crippen LogP contribution is 2.36. The lowest BCUT2D eigenvalue weighted by Gasteiger charge is -2.39. The minimum Gasteiger partial charge on any atom is -0.380 e. The normalized spacial score (nSPS) is 22.4. The van der Waals surface area contributed by atoms with Gasteiger partial charge in [-0.25, -0.2) is 13.1 Å². The summed E-state index contributed by atoms with van der Waals surface area (Å²) in [4.78, 5) is 0.314. The van der Waals surface area contributed by atoms with Crippen molar-refractivity contribution in [1.29, 1.82) is 0 Å². The van der Waals surface area contributed by atoms with E-state index in [1.807, 2.05) is 23.9 Å². The Hall–Kier alpha value is -0.720. The van der Waals surface area contributed by atoms with Crippen LogP contribution in [0.3, 0.4) is 0 Å². The predicted molar refractivity (Wildman–Crippen MR) is 85.8 cm³/mol. The summed E-state index contributed by atoms with van der Waals surface area (Å²) in [5.74, 6) is 2.17. The van der Waals surface area contributed by atoms with Crippen molar-refractivity contribution in [3.8, 4) is 0 Å². The summed E-state index contributed by atoms with van der Waals surface area (Å²) in [7, 11) is -2.00. The van der Waals surface area contributed by atoms with E-state index in [1.165, 1.54) is 12.8 Å². The molecule has 0 aliphatic carbocycles. The van der Waals surface area contributed by atoms with Gasteiger partial charge in [0.2, 0.25) is 10.0 Å². The number of nitrogens with one attached hydrogen (secondary N) is 2. The molecule has 1 aromatic rings. The molecule has 1 heterocycles. The molecule has 0 radical (unpaired) electrons. The highest BCUT2D eigenvalue weighted by molar-refractivity contribution is 7.99. The Balaban J connectivity index is 2.30. The molecule has 2 N–H and O–H groups in total. The molecule has 1 aromatic carbocycles. The maximum Gasteiger partial charge on any atom is 0.242 e. The third-order valence-corrected chi connectivity index (χ3v) is 6.43. The van der Waals surface area contributed by atoms with E-state index in [0.717, 1.165) is 12.2 Å². The van der Waals surface area contributed by atoms with Crippen molar-refractivity contribution < 1.29 is 8.42 Å². The summed E-state index contributed by atoms with van der Waals surface area (Å²) >= 11 is 1.92. The van der Waals surface area contributed by atoms with Gasteiger partial charge in [-0.05, 0) is 36.8 Å². The smallest absolute Gasteiger partial charge is 0.242 e. The van der Waals surface area contributed by atoms with Crippen LogP contribution in [0.2, 0.25) is 0 Å². The Labute approximate surface area is 125 Å². The second-order valence-corrected chi connectivity index (χ2v) is 8.72. The molecular weight excluding hydrogens is 292 g/mol. The Bertz CT molecular complexity index is 570. The van der Waals surface area contributed by atoms with Crippen LogP contribution in [0.4, 0.5) is 5.69 Å². The first kappa shape index (κ1) is 15.7. The third-order valence-electron chi connectivity index (χ3n) is 3.89. The molecule has 20 heavy (non-hydrogen) atoms. The van der Waals surface area contributed by atoms with Crippen LogP contribution < -0.4 is 10.0 Å². The second-order valence-electron chi connectivity index (χ2n) is 5.71. The number of thioether (sulfide) groups is 1. The van der Waals surface area contributed by atoms with Crippen molar-refractivity contribution >= 4 is 27.5 Å². The Morgan fingerprint density at radius 1 is 1.30 bits per heavy atom. The molecule has 2 rings (SSSR count). The minimum atomic E-state index is -3.44. The largest absolute Gasteiger partial charge is 0.380 e. The molecule has 1 aliphatic heterocycles. The average Bonchev–Trinajstić information content (AvgIpc) is 2.41. The van der Waals surface area contributed by atoms with E-state index in [1.54, 1.807) is 12.1 Å². The van der Waals surface area contributed by atoms with E-state index in [-0.39, 0.29) is 11.5 Å². The van der Waals surface area contributed by atoms with Gasteiger partial charge in [-0.3, -0.25) is 0 Å². The molecule has 112 valence electrons. The van der Waals surface area contributed by atoms with Crippen molar-refractivity contribution in [3.05, 3.63) is 24.3 Å². The van der Waals surface area contributed by atoms with Crippen LogP contribution in [-0.2, 0) is 10.0 Å². The van der Waals surface area contributed by atoms with Crippen LogP contribution in [0.25, 0.3) is 0 Å². The lowest BCUT2D eigenvalue weighted by molar-refractivity contribution is 0.305. The Kier molecular flexibility index (Phi) is 4.66. The predicted octanol–water partition coefficient (Wildman–Crippen LogP) is 2.54. The van der Waals surface area contributed by atoms with Crippen molar-refractivity contribution in [1.82, 2.24) is 4.72 Å². The monoisotopic (exact) mass is 314 g/mol. The van der Waals surface area contributed by atoms with E-state index in [4.69, 9.17) is 0 Å². The van der Waals surface area contributed by atoms with Crippen molar-refractivity contribution in [2.75, 3.05) is 23.9 Å². The first-order valence-corrected chi connectivity index (χ1v) is 9.37. The quantitative estimate of drug-likeness (QED) is 0.897. The molecule has 0 amide bonds. The standard InChI is InChI=1S/C14H22N2O2S2/c1-14(2)8-9-19-10-13(14)16-11-6-4-5-7-12(11)20(17,18)15-3/h4-7,13,15-16H,8-10H2,1-3H3. The number of hydrogen-bond donors (Lipinski definition) is 2. The number of hydrogen-bond acceptors (Lipinski definition) is 4. The molecule has 1 unspecified atom stereocenters. The zero-order chi connectivity index (χ0) is 14.8. The van der Waals surface area contributed by atoms with Gasteiger partial charge in [0.05, 0.1) is 5.69 Å². The van der Waals surface area contributed by atoms with Gasteiger partial charge in [-0.1, -0.05) is 26.0 Å². The zero-order valence-electron chi connectivity index (χ0n) is 12.1. The first-order valence-electron chi connectivity index (χ1n) is 6.74. The average molecular weight is 314 g/mol. The summed E-state index contributed by atoms with van der Waals surface area (Å²) < 4.78 is 26.5. The Morgan fingerprint density at radius 3 is 2.65 bits per heavy atom. The molecule has 1 aliphatic rings. The van der Waals surface area contributed by atoms with E-state index in [9.17, 15) is 8.42 Å². The molecular formula is C14H22N2O2S2. The van der Waals surface area contributed by atoms with E-state index >= 15 is 0 Å². The lowest BCUT2D eigenvalue weighted by atomic mass is 9.82. The SMILES string of the molecule is CNS(=O)(=O)c1ccccc1NC1CSCCC1(C)C. The summed E-state index contributed by atoms with van der Waals surface area (Å²) in [6.45, 7) is 4.47. The second kappa shape index (κ2) is 5.95. The number of sulfonamides is 1. The van der Waals surface area contributed by atoms with Crippen LogP contribution in [0.1, 0.15) is 20.3 Å². The van der Waals surface area contributed by atoms with Crippen LogP contribution in [0, 0.1) is 5.41 Å². The summed E-state index contributed by atoms with van der Waals surface area (Å²) in [5.41, 5.74) is 0.851. The Morgan fingerprint density at radius 2 is 2.00 bits per heavy atom.